The summed E-state index contributed by atoms with van der Waals surface area (Å²) in [5, 5.41) is 11.0. The standard InChI is InChI=1S/C15H24N4O2/c1-11-5-6-13(18-17-11)21-12-7-9-19(10-8-12)14(20)16-15(2,3)4/h5-6,12H,7-10H2,1-4H3,(H,16,20). The summed E-state index contributed by atoms with van der Waals surface area (Å²) in [5.41, 5.74) is 0.665. The molecule has 0 spiro atoms. The van der Waals surface area contributed by atoms with Crippen molar-refractivity contribution in [3.63, 3.8) is 0 Å². The second-order valence-electron chi connectivity index (χ2n) is 6.50. The Morgan fingerprint density at radius 2 is 1.95 bits per heavy atom. The minimum Gasteiger partial charge on any atom is -0.473 e. The van der Waals surface area contributed by atoms with Crippen molar-refractivity contribution >= 4 is 6.03 Å². The van der Waals surface area contributed by atoms with Gasteiger partial charge < -0.3 is 15.0 Å². The number of ether oxygens (including phenoxy) is 1. The number of amides is 2. The van der Waals surface area contributed by atoms with Gasteiger partial charge in [-0.15, -0.1) is 5.10 Å². The van der Waals surface area contributed by atoms with Gasteiger partial charge in [0.2, 0.25) is 5.88 Å². The zero-order valence-electron chi connectivity index (χ0n) is 13.2. The highest BCUT2D eigenvalue weighted by Gasteiger charge is 2.26. The molecular weight excluding hydrogens is 268 g/mol. The number of aromatic nitrogens is 2. The van der Waals surface area contributed by atoms with E-state index in [0.717, 1.165) is 18.5 Å². The summed E-state index contributed by atoms with van der Waals surface area (Å²) in [5.74, 6) is 0.554. The van der Waals surface area contributed by atoms with E-state index in [9.17, 15) is 4.79 Å². The number of likely N-dealkylation sites (tertiary alicyclic amines) is 1. The minimum atomic E-state index is -0.206. The third-order valence-electron chi connectivity index (χ3n) is 3.27. The molecule has 6 nitrogen and oxygen atoms in total. The molecule has 0 atom stereocenters. The highest BCUT2D eigenvalue weighted by molar-refractivity contribution is 5.75. The molecule has 116 valence electrons. The lowest BCUT2D eigenvalue weighted by molar-refractivity contribution is 0.104. The summed E-state index contributed by atoms with van der Waals surface area (Å²) < 4.78 is 5.81. The maximum atomic E-state index is 12.1. The molecule has 1 saturated heterocycles. The molecule has 0 unspecified atom stereocenters. The van der Waals surface area contributed by atoms with Crippen LogP contribution >= 0.6 is 0 Å². The van der Waals surface area contributed by atoms with E-state index in [-0.39, 0.29) is 17.7 Å². The van der Waals surface area contributed by atoms with E-state index in [1.54, 1.807) is 0 Å². The van der Waals surface area contributed by atoms with Gasteiger partial charge >= 0.3 is 6.03 Å². The summed E-state index contributed by atoms with van der Waals surface area (Å²) in [4.78, 5) is 13.9. The number of nitrogens with zero attached hydrogens (tertiary/aromatic N) is 3. The summed E-state index contributed by atoms with van der Waals surface area (Å²) >= 11 is 0. The Kier molecular flexibility index (Phi) is 4.65. The summed E-state index contributed by atoms with van der Waals surface area (Å²) in [6, 6.07) is 3.71. The van der Waals surface area contributed by atoms with Crippen LogP contribution in [0.5, 0.6) is 5.88 Å². The van der Waals surface area contributed by atoms with Gasteiger partial charge in [-0.05, 0) is 33.8 Å². The van der Waals surface area contributed by atoms with Crippen molar-refractivity contribution in [1.82, 2.24) is 20.4 Å². The molecule has 0 saturated carbocycles. The van der Waals surface area contributed by atoms with Crippen molar-refractivity contribution in [2.45, 2.75) is 52.2 Å². The van der Waals surface area contributed by atoms with Gasteiger partial charge in [0.25, 0.3) is 0 Å². The Labute approximate surface area is 125 Å². The number of hydrogen-bond donors (Lipinski definition) is 1. The number of hydrogen-bond acceptors (Lipinski definition) is 4. The van der Waals surface area contributed by atoms with Crippen molar-refractivity contribution in [2.75, 3.05) is 13.1 Å². The number of piperidine rings is 1. The van der Waals surface area contributed by atoms with E-state index in [1.807, 2.05) is 44.7 Å². The second kappa shape index (κ2) is 6.28. The predicted molar refractivity (Wildman–Crippen MR) is 80.3 cm³/mol. The number of urea groups is 1. The van der Waals surface area contributed by atoms with Crippen LogP contribution in [0.4, 0.5) is 4.79 Å². The average Bonchev–Trinajstić information content (AvgIpc) is 2.40. The largest absolute Gasteiger partial charge is 0.473 e. The SMILES string of the molecule is Cc1ccc(OC2CCN(C(=O)NC(C)(C)C)CC2)nn1. The molecule has 1 aliphatic heterocycles. The van der Waals surface area contributed by atoms with E-state index >= 15 is 0 Å². The fraction of sp³-hybridized carbons (Fsp3) is 0.667. The lowest BCUT2D eigenvalue weighted by atomic mass is 10.1. The normalized spacial score (nSPS) is 16.7. The van der Waals surface area contributed by atoms with E-state index in [1.165, 1.54) is 0 Å². The van der Waals surface area contributed by atoms with Crippen LogP contribution in [-0.4, -0.2) is 45.9 Å². The second-order valence-corrected chi connectivity index (χ2v) is 6.50. The molecule has 1 N–H and O–H groups in total. The first kappa shape index (κ1) is 15.5. The molecule has 1 aliphatic rings. The Bertz CT molecular complexity index is 473. The van der Waals surface area contributed by atoms with Crippen molar-refractivity contribution in [3.8, 4) is 5.88 Å². The van der Waals surface area contributed by atoms with Crippen LogP contribution in [0.2, 0.25) is 0 Å². The number of carbonyl (C=O) groups is 1. The van der Waals surface area contributed by atoms with Gasteiger partial charge in [0.1, 0.15) is 6.10 Å². The Hall–Kier alpha value is -1.85. The lowest BCUT2D eigenvalue weighted by Crippen LogP contribution is -2.51. The summed E-state index contributed by atoms with van der Waals surface area (Å²) in [6.07, 6.45) is 1.72. The van der Waals surface area contributed by atoms with E-state index in [0.29, 0.717) is 19.0 Å². The molecule has 1 fully saturated rings. The van der Waals surface area contributed by atoms with Gasteiger partial charge in [-0.25, -0.2) is 4.79 Å². The molecule has 1 aromatic rings. The van der Waals surface area contributed by atoms with Gasteiger partial charge in [-0.3, -0.25) is 0 Å². The average molecular weight is 292 g/mol. The molecule has 0 radical (unpaired) electrons. The molecule has 2 rings (SSSR count). The van der Waals surface area contributed by atoms with Crippen LogP contribution in [0.15, 0.2) is 12.1 Å². The number of carbonyl (C=O) groups excluding carboxylic acids is 1. The van der Waals surface area contributed by atoms with Gasteiger partial charge in [0.15, 0.2) is 0 Å². The van der Waals surface area contributed by atoms with Crippen molar-refractivity contribution < 1.29 is 9.53 Å². The van der Waals surface area contributed by atoms with Crippen LogP contribution in [0.1, 0.15) is 39.3 Å². The van der Waals surface area contributed by atoms with E-state index in [4.69, 9.17) is 4.74 Å². The fourth-order valence-electron chi connectivity index (χ4n) is 2.20. The highest BCUT2D eigenvalue weighted by atomic mass is 16.5. The Morgan fingerprint density at radius 3 is 2.48 bits per heavy atom. The first-order valence-electron chi connectivity index (χ1n) is 7.37. The number of rotatable bonds is 2. The summed E-state index contributed by atoms with van der Waals surface area (Å²) in [6.45, 7) is 9.24. The maximum absolute atomic E-state index is 12.1. The highest BCUT2D eigenvalue weighted by Crippen LogP contribution is 2.17. The molecule has 0 aromatic carbocycles. The molecule has 2 amide bonds. The van der Waals surface area contributed by atoms with Crippen LogP contribution < -0.4 is 10.1 Å². The van der Waals surface area contributed by atoms with Crippen LogP contribution in [0.3, 0.4) is 0 Å². The third kappa shape index (κ3) is 4.88. The van der Waals surface area contributed by atoms with Gasteiger partial charge in [0, 0.05) is 37.5 Å². The Morgan fingerprint density at radius 1 is 1.29 bits per heavy atom. The third-order valence-corrected chi connectivity index (χ3v) is 3.27. The Balaban J connectivity index is 1.80. The predicted octanol–water partition coefficient (Wildman–Crippen LogP) is 2.14. The van der Waals surface area contributed by atoms with Crippen molar-refractivity contribution in [1.29, 1.82) is 0 Å². The number of nitrogens with one attached hydrogen (secondary N) is 1. The summed E-state index contributed by atoms with van der Waals surface area (Å²) in [7, 11) is 0. The first-order chi connectivity index (χ1) is 9.83. The molecule has 1 aromatic heterocycles. The van der Waals surface area contributed by atoms with Crippen molar-refractivity contribution in [2.24, 2.45) is 0 Å². The molecule has 2 heterocycles. The lowest BCUT2D eigenvalue weighted by Gasteiger charge is -2.34. The van der Waals surface area contributed by atoms with Gasteiger partial charge in [-0.2, -0.15) is 5.10 Å². The molecule has 0 aliphatic carbocycles. The zero-order chi connectivity index (χ0) is 15.5. The van der Waals surface area contributed by atoms with Crippen LogP contribution in [0.25, 0.3) is 0 Å². The minimum absolute atomic E-state index is 0.00363. The topological polar surface area (TPSA) is 67.3 Å². The molecular formula is C15H24N4O2. The maximum Gasteiger partial charge on any atom is 0.317 e. The molecule has 0 bridgehead atoms. The van der Waals surface area contributed by atoms with Crippen molar-refractivity contribution in [3.05, 3.63) is 17.8 Å². The van der Waals surface area contributed by atoms with E-state index in [2.05, 4.69) is 15.5 Å². The monoisotopic (exact) mass is 292 g/mol. The molecule has 6 heteroatoms. The first-order valence-corrected chi connectivity index (χ1v) is 7.37. The molecule has 21 heavy (non-hydrogen) atoms. The van der Waals surface area contributed by atoms with Crippen LogP contribution in [0, 0.1) is 6.92 Å². The zero-order valence-corrected chi connectivity index (χ0v) is 13.2. The number of aryl methyl sites for hydroxylation is 1. The fourth-order valence-corrected chi connectivity index (χ4v) is 2.20. The quantitative estimate of drug-likeness (QED) is 0.907. The van der Waals surface area contributed by atoms with E-state index < -0.39 is 0 Å². The van der Waals surface area contributed by atoms with Crippen LogP contribution in [-0.2, 0) is 0 Å². The van der Waals surface area contributed by atoms with Gasteiger partial charge in [-0.1, -0.05) is 0 Å². The van der Waals surface area contributed by atoms with Gasteiger partial charge in [0.05, 0.1) is 5.69 Å². The smallest absolute Gasteiger partial charge is 0.317 e.